The van der Waals surface area contributed by atoms with E-state index in [0.717, 1.165) is 4.47 Å². The van der Waals surface area contributed by atoms with E-state index in [0.29, 0.717) is 11.3 Å². The summed E-state index contributed by atoms with van der Waals surface area (Å²) >= 11 is 3.34. The first-order chi connectivity index (χ1) is 7.72. The van der Waals surface area contributed by atoms with Crippen molar-refractivity contribution in [1.29, 1.82) is 5.26 Å². The quantitative estimate of drug-likeness (QED) is 0.899. The molecule has 0 aliphatic rings. The number of nitriles is 1. The molecular formula is C11H12BrNO3. The lowest BCUT2D eigenvalue weighted by Gasteiger charge is -2.13. The molecule has 86 valence electrons. The first-order valence-electron chi connectivity index (χ1n) is 4.68. The zero-order chi connectivity index (χ0) is 12.0. The molecule has 0 saturated heterocycles. The molecule has 0 aliphatic carbocycles. The Bertz CT molecular complexity index is 389. The first-order valence-corrected chi connectivity index (χ1v) is 5.47. The average Bonchev–Trinajstić information content (AvgIpc) is 2.32. The Balaban J connectivity index is 2.95. The van der Waals surface area contributed by atoms with Crippen molar-refractivity contribution in [3.05, 3.63) is 28.2 Å². The largest absolute Gasteiger partial charge is 0.497 e. The highest BCUT2D eigenvalue weighted by atomic mass is 79.9. The number of halogens is 1. The standard InChI is InChI=1S/C11H12BrNO3/c1-15-8-2-3-10(12)9(6-8)11(7-13)16-5-4-14/h2-3,6,11,14H,4-5H2,1H3. The van der Waals surface area contributed by atoms with E-state index in [1.807, 2.05) is 6.07 Å². The molecule has 0 bridgehead atoms. The monoisotopic (exact) mass is 285 g/mol. The molecule has 0 spiro atoms. The summed E-state index contributed by atoms with van der Waals surface area (Å²) in [7, 11) is 1.56. The molecule has 0 amide bonds. The molecule has 1 aromatic rings. The molecule has 0 heterocycles. The van der Waals surface area contributed by atoms with Crippen LogP contribution in [0.15, 0.2) is 22.7 Å². The van der Waals surface area contributed by atoms with Gasteiger partial charge in [-0.2, -0.15) is 5.26 Å². The van der Waals surface area contributed by atoms with Crippen LogP contribution < -0.4 is 4.74 Å². The van der Waals surface area contributed by atoms with Crippen molar-refractivity contribution in [2.45, 2.75) is 6.10 Å². The molecule has 16 heavy (non-hydrogen) atoms. The molecule has 1 atom stereocenters. The van der Waals surface area contributed by atoms with Crippen LogP contribution in [-0.2, 0) is 4.74 Å². The zero-order valence-corrected chi connectivity index (χ0v) is 10.4. The van der Waals surface area contributed by atoms with Gasteiger partial charge in [0.05, 0.1) is 26.4 Å². The second-order valence-electron chi connectivity index (χ2n) is 2.99. The second-order valence-corrected chi connectivity index (χ2v) is 3.85. The van der Waals surface area contributed by atoms with Gasteiger partial charge in [0.25, 0.3) is 0 Å². The normalized spacial score (nSPS) is 11.9. The Morgan fingerprint density at radius 3 is 2.88 bits per heavy atom. The lowest BCUT2D eigenvalue weighted by Crippen LogP contribution is -2.07. The highest BCUT2D eigenvalue weighted by Crippen LogP contribution is 2.29. The fourth-order valence-electron chi connectivity index (χ4n) is 1.22. The highest BCUT2D eigenvalue weighted by molar-refractivity contribution is 9.10. The predicted molar refractivity (Wildman–Crippen MR) is 62.1 cm³/mol. The van der Waals surface area contributed by atoms with Crippen molar-refractivity contribution in [2.75, 3.05) is 20.3 Å². The fourth-order valence-corrected chi connectivity index (χ4v) is 1.67. The van der Waals surface area contributed by atoms with Gasteiger partial charge in [0, 0.05) is 10.0 Å². The smallest absolute Gasteiger partial charge is 0.170 e. The molecule has 1 N–H and O–H groups in total. The van der Waals surface area contributed by atoms with Gasteiger partial charge in [-0.05, 0) is 18.2 Å². The van der Waals surface area contributed by atoms with Crippen LogP contribution in [0.25, 0.3) is 0 Å². The Morgan fingerprint density at radius 1 is 1.56 bits per heavy atom. The number of nitrogens with zero attached hydrogens (tertiary/aromatic N) is 1. The van der Waals surface area contributed by atoms with E-state index in [9.17, 15) is 0 Å². The minimum atomic E-state index is -0.711. The van der Waals surface area contributed by atoms with Crippen LogP contribution in [0.5, 0.6) is 5.75 Å². The average molecular weight is 286 g/mol. The maximum Gasteiger partial charge on any atom is 0.170 e. The van der Waals surface area contributed by atoms with Crippen molar-refractivity contribution in [2.24, 2.45) is 0 Å². The Morgan fingerprint density at radius 2 is 2.31 bits per heavy atom. The summed E-state index contributed by atoms with van der Waals surface area (Å²) in [4.78, 5) is 0. The number of ether oxygens (including phenoxy) is 2. The second kappa shape index (κ2) is 6.48. The Hall–Kier alpha value is -1.09. The molecular weight excluding hydrogens is 274 g/mol. The van der Waals surface area contributed by atoms with Crippen LogP contribution in [0.1, 0.15) is 11.7 Å². The van der Waals surface area contributed by atoms with E-state index in [-0.39, 0.29) is 13.2 Å². The summed E-state index contributed by atoms with van der Waals surface area (Å²) < 4.78 is 11.1. The minimum Gasteiger partial charge on any atom is -0.497 e. The third-order valence-corrected chi connectivity index (χ3v) is 2.70. The topological polar surface area (TPSA) is 62.5 Å². The maximum absolute atomic E-state index is 8.98. The van der Waals surface area contributed by atoms with Gasteiger partial charge >= 0.3 is 0 Å². The number of methoxy groups -OCH3 is 1. The van der Waals surface area contributed by atoms with Crippen LogP contribution in [0.4, 0.5) is 0 Å². The van der Waals surface area contributed by atoms with Crippen LogP contribution in [0.3, 0.4) is 0 Å². The van der Waals surface area contributed by atoms with E-state index in [2.05, 4.69) is 15.9 Å². The van der Waals surface area contributed by atoms with Gasteiger partial charge in [-0.15, -0.1) is 0 Å². The lowest BCUT2D eigenvalue weighted by molar-refractivity contribution is 0.0577. The third-order valence-electron chi connectivity index (χ3n) is 1.98. The Labute approximate surface area is 103 Å². The maximum atomic E-state index is 8.98. The molecule has 0 fully saturated rings. The number of benzene rings is 1. The predicted octanol–water partition coefficient (Wildman–Crippen LogP) is 2.03. The van der Waals surface area contributed by atoms with E-state index in [4.69, 9.17) is 19.8 Å². The van der Waals surface area contributed by atoms with Gasteiger partial charge in [-0.25, -0.2) is 0 Å². The SMILES string of the molecule is COc1ccc(Br)c(C(C#N)OCCO)c1. The molecule has 1 rings (SSSR count). The fraction of sp³-hybridized carbons (Fsp3) is 0.364. The van der Waals surface area contributed by atoms with Crippen molar-refractivity contribution >= 4 is 15.9 Å². The molecule has 0 radical (unpaired) electrons. The van der Waals surface area contributed by atoms with Crippen LogP contribution in [0, 0.1) is 11.3 Å². The van der Waals surface area contributed by atoms with Crippen LogP contribution in [0.2, 0.25) is 0 Å². The summed E-state index contributed by atoms with van der Waals surface area (Å²) in [6.07, 6.45) is -0.711. The molecule has 0 aromatic heterocycles. The number of aliphatic hydroxyl groups is 1. The lowest BCUT2D eigenvalue weighted by atomic mass is 10.1. The summed E-state index contributed by atoms with van der Waals surface area (Å²) in [5, 5.41) is 17.6. The Kier molecular flexibility index (Phi) is 5.26. The molecule has 1 unspecified atom stereocenters. The van der Waals surface area contributed by atoms with Gasteiger partial charge in [0.15, 0.2) is 6.10 Å². The summed E-state index contributed by atoms with van der Waals surface area (Å²) in [6.45, 7) is 0.0155. The van der Waals surface area contributed by atoms with Gasteiger partial charge in [-0.1, -0.05) is 15.9 Å². The van der Waals surface area contributed by atoms with Crippen molar-refractivity contribution in [3.8, 4) is 11.8 Å². The van der Waals surface area contributed by atoms with Crippen LogP contribution in [-0.4, -0.2) is 25.4 Å². The molecule has 1 aromatic carbocycles. The minimum absolute atomic E-state index is 0.111. The van der Waals surface area contributed by atoms with Crippen LogP contribution >= 0.6 is 15.9 Å². The van der Waals surface area contributed by atoms with Gasteiger partial charge < -0.3 is 14.6 Å². The van der Waals surface area contributed by atoms with E-state index < -0.39 is 6.10 Å². The van der Waals surface area contributed by atoms with E-state index in [1.54, 1.807) is 25.3 Å². The van der Waals surface area contributed by atoms with Crippen molar-refractivity contribution < 1.29 is 14.6 Å². The van der Waals surface area contributed by atoms with Gasteiger partial charge in [-0.3, -0.25) is 0 Å². The van der Waals surface area contributed by atoms with Crippen molar-refractivity contribution in [3.63, 3.8) is 0 Å². The summed E-state index contributed by atoms with van der Waals surface area (Å²) in [5.74, 6) is 0.658. The number of hydrogen-bond donors (Lipinski definition) is 1. The summed E-state index contributed by atoms with van der Waals surface area (Å²) in [5.41, 5.74) is 0.690. The van der Waals surface area contributed by atoms with Crippen molar-refractivity contribution in [1.82, 2.24) is 0 Å². The van der Waals surface area contributed by atoms with Gasteiger partial charge in [0.1, 0.15) is 5.75 Å². The zero-order valence-electron chi connectivity index (χ0n) is 8.81. The number of hydrogen-bond acceptors (Lipinski definition) is 4. The number of rotatable bonds is 5. The first kappa shape index (κ1) is 13.0. The molecule has 4 nitrogen and oxygen atoms in total. The number of aliphatic hydroxyl groups excluding tert-OH is 1. The molecule has 5 heteroatoms. The summed E-state index contributed by atoms with van der Waals surface area (Å²) in [6, 6.07) is 7.34. The highest BCUT2D eigenvalue weighted by Gasteiger charge is 2.15. The molecule has 0 aliphatic heterocycles. The van der Waals surface area contributed by atoms with Gasteiger partial charge in [0.2, 0.25) is 0 Å². The van der Waals surface area contributed by atoms with E-state index >= 15 is 0 Å². The molecule has 0 saturated carbocycles. The third kappa shape index (κ3) is 3.20. The van der Waals surface area contributed by atoms with E-state index in [1.165, 1.54) is 0 Å².